The fourth-order valence-corrected chi connectivity index (χ4v) is 3.59. The van der Waals surface area contributed by atoms with Crippen LogP contribution in [0.25, 0.3) is 10.6 Å². The number of amides is 1. The van der Waals surface area contributed by atoms with E-state index in [1.807, 2.05) is 25.1 Å². The van der Waals surface area contributed by atoms with Crippen LogP contribution >= 0.6 is 22.9 Å². The fraction of sp³-hybridized carbons (Fsp3) is 0.158. The number of carbonyl (C=O) groups excluding carboxylic acids is 1. The van der Waals surface area contributed by atoms with Gasteiger partial charge >= 0.3 is 0 Å². The maximum Gasteiger partial charge on any atom is 0.263 e. The van der Waals surface area contributed by atoms with Gasteiger partial charge in [0.1, 0.15) is 21.8 Å². The Kier molecular flexibility index (Phi) is 6.01. The molecule has 2 heterocycles. The van der Waals surface area contributed by atoms with Gasteiger partial charge in [-0.25, -0.2) is 9.97 Å². The molecule has 0 unspecified atom stereocenters. The van der Waals surface area contributed by atoms with Gasteiger partial charge in [0.2, 0.25) is 0 Å². The van der Waals surface area contributed by atoms with E-state index in [1.54, 1.807) is 24.4 Å². The molecule has 136 valence electrons. The molecule has 0 saturated heterocycles. The lowest BCUT2D eigenvalue weighted by Crippen LogP contribution is -2.28. The summed E-state index contributed by atoms with van der Waals surface area (Å²) >= 11 is 7.36. The van der Waals surface area contributed by atoms with Gasteiger partial charge in [-0.3, -0.25) is 4.79 Å². The van der Waals surface area contributed by atoms with Crippen molar-refractivity contribution in [2.75, 3.05) is 18.4 Å². The maximum atomic E-state index is 12.4. The van der Waals surface area contributed by atoms with Gasteiger partial charge in [0.25, 0.3) is 5.91 Å². The van der Waals surface area contributed by atoms with Gasteiger partial charge in [0.15, 0.2) is 0 Å². The number of pyridine rings is 1. The van der Waals surface area contributed by atoms with E-state index in [1.165, 1.54) is 11.3 Å². The second kappa shape index (κ2) is 8.62. The highest BCUT2D eigenvalue weighted by molar-refractivity contribution is 7.17. The van der Waals surface area contributed by atoms with Crippen LogP contribution in [0.4, 0.5) is 5.82 Å². The van der Waals surface area contributed by atoms with Crippen LogP contribution in [0, 0.1) is 18.3 Å². The van der Waals surface area contributed by atoms with Gasteiger partial charge in [-0.2, -0.15) is 5.26 Å². The minimum absolute atomic E-state index is 0.179. The SMILES string of the molecule is Cc1nc(-c2cccc(Cl)c2)sc1C(=O)NCCNc1ncccc1C#N. The lowest BCUT2D eigenvalue weighted by molar-refractivity contribution is 0.0958. The van der Waals surface area contributed by atoms with E-state index in [0.29, 0.717) is 40.1 Å². The Morgan fingerprint density at radius 1 is 1.30 bits per heavy atom. The number of hydrogen-bond acceptors (Lipinski definition) is 6. The van der Waals surface area contributed by atoms with Gasteiger partial charge in [0, 0.05) is 29.9 Å². The van der Waals surface area contributed by atoms with Crippen molar-refractivity contribution in [2.24, 2.45) is 0 Å². The molecule has 2 N–H and O–H groups in total. The minimum Gasteiger partial charge on any atom is -0.367 e. The lowest BCUT2D eigenvalue weighted by atomic mass is 10.2. The Labute approximate surface area is 165 Å². The van der Waals surface area contributed by atoms with Crippen molar-refractivity contribution in [3.8, 4) is 16.6 Å². The quantitative estimate of drug-likeness (QED) is 0.616. The fourth-order valence-electron chi connectivity index (χ4n) is 2.43. The Bertz CT molecular complexity index is 1010. The monoisotopic (exact) mass is 397 g/mol. The molecule has 0 saturated carbocycles. The number of nitrogens with zero attached hydrogens (tertiary/aromatic N) is 3. The van der Waals surface area contributed by atoms with Crippen molar-refractivity contribution in [1.29, 1.82) is 5.26 Å². The summed E-state index contributed by atoms with van der Waals surface area (Å²) in [6.45, 7) is 2.66. The topological polar surface area (TPSA) is 90.7 Å². The van der Waals surface area contributed by atoms with E-state index in [-0.39, 0.29) is 5.91 Å². The maximum absolute atomic E-state index is 12.4. The van der Waals surface area contributed by atoms with E-state index in [2.05, 4.69) is 26.7 Å². The summed E-state index contributed by atoms with van der Waals surface area (Å²) in [6.07, 6.45) is 1.61. The van der Waals surface area contributed by atoms with Crippen molar-refractivity contribution in [1.82, 2.24) is 15.3 Å². The molecule has 8 heteroatoms. The third-order valence-electron chi connectivity index (χ3n) is 3.71. The molecule has 0 fully saturated rings. The predicted molar refractivity (Wildman–Crippen MR) is 107 cm³/mol. The summed E-state index contributed by atoms with van der Waals surface area (Å²) in [6, 6.07) is 12.9. The Balaban J connectivity index is 1.59. The normalized spacial score (nSPS) is 10.3. The second-order valence-electron chi connectivity index (χ2n) is 5.64. The van der Waals surface area contributed by atoms with Crippen molar-refractivity contribution >= 4 is 34.7 Å². The zero-order chi connectivity index (χ0) is 19.2. The molecule has 6 nitrogen and oxygen atoms in total. The molecule has 0 bridgehead atoms. The number of rotatable bonds is 6. The van der Waals surface area contributed by atoms with E-state index >= 15 is 0 Å². The molecule has 0 atom stereocenters. The standard InChI is InChI=1S/C19H16ClN5OS/c1-12-16(27-19(25-12)13-4-2-6-15(20)10-13)18(26)24-9-8-23-17-14(11-21)5-3-7-22-17/h2-7,10H,8-9H2,1H3,(H,22,23)(H,24,26). The molecule has 3 rings (SSSR count). The largest absolute Gasteiger partial charge is 0.367 e. The molecule has 3 aromatic rings. The van der Waals surface area contributed by atoms with Crippen molar-refractivity contribution in [2.45, 2.75) is 6.92 Å². The second-order valence-corrected chi connectivity index (χ2v) is 7.07. The highest BCUT2D eigenvalue weighted by Gasteiger charge is 2.16. The third kappa shape index (κ3) is 4.61. The third-order valence-corrected chi connectivity index (χ3v) is 5.15. The first kappa shape index (κ1) is 18.8. The molecule has 0 aliphatic rings. The van der Waals surface area contributed by atoms with Crippen LogP contribution in [0.2, 0.25) is 5.02 Å². The summed E-state index contributed by atoms with van der Waals surface area (Å²) in [4.78, 5) is 21.6. The Morgan fingerprint density at radius 3 is 2.93 bits per heavy atom. The highest BCUT2D eigenvalue weighted by Crippen LogP contribution is 2.29. The molecule has 1 amide bonds. The van der Waals surface area contributed by atoms with Gasteiger partial charge in [-0.15, -0.1) is 11.3 Å². The molecule has 1 aromatic carbocycles. The van der Waals surface area contributed by atoms with Gasteiger partial charge in [-0.05, 0) is 31.2 Å². The highest BCUT2D eigenvalue weighted by atomic mass is 35.5. The van der Waals surface area contributed by atoms with E-state index in [4.69, 9.17) is 16.9 Å². The zero-order valence-corrected chi connectivity index (χ0v) is 16.1. The number of benzene rings is 1. The Hall–Kier alpha value is -2.95. The van der Waals surface area contributed by atoms with Crippen LogP contribution in [0.15, 0.2) is 42.6 Å². The van der Waals surface area contributed by atoms with Crippen molar-refractivity contribution in [3.63, 3.8) is 0 Å². The molecule has 0 aliphatic carbocycles. The van der Waals surface area contributed by atoms with Gasteiger partial charge in [-0.1, -0.05) is 23.7 Å². The predicted octanol–water partition coefficient (Wildman–Crippen LogP) is 3.88. The summed E-state index contributed by atoms with van der Waals surface area (Å²) in [5.41, 5.74) is 2.03. The van der Waals surface area contributed by atoms with Crippen molar-refractivity contribution < 1.29 is 4.79 Å². The number of aryl methyl sites for hydroxylation is 1. The van der Waals surface area contributed by atoms with Crippen LogP contribution in [0.1, 0.15) is 20.9 Å². The number of nitrogens with one attached hydrogen (secondary N) is 2. The first-order chi connectivity index (χ1) is 13.1. The van der Waals surface area contributed by atoms with Crippen LogP contribution in [0.5, 0.6) is 0 Å². The first-order valence-electron chi connectivity index (χ1n) is 8.19. The van der Waals surface area contributed by atoms with Crippen LogP contribution < -0.4 is 10.6 Å². The first-order valence-corrected chi connectivity index (χ1v) is 9.38. The lowest BCUT2D eigenvalue weighted by Gasteiger charge is -2.07. The summed E-state index contributed by atoms with van der Waals surface area (Å²) in [5, 5.41) is 16.3. The minimum atomic E-state index is -0.179. The molecule has 0 radical (unpaired) electrons. The van der Waals surface area contributed by atoms with Crippen molar-refractivity contribution in [3.05, 3.63) is 63.8 Å². The van der Waals surface area contributed by atoms with Gasteiger partial charge in [0.05, 0.1) is 11.3 Å². The molecule has 0 aliphatic heterocycles. The average Bonchev–Trinajstić information content (AvgIpc) is 3.07. The average molecular weight is 398 g/mol. The number of aromatic nitrogens is 2. The van der Waals surface area contributed by atoms with Crippen LogP contribution in [0.3, 0.4) is 0 Å². The number of nitriles is 1. The molecule has 0 spiro atoms. The zero-order valence-electron chi connectivity index (χ0n) is 14.5. The summed E-state index contributed by atoms with van der Waals surface area (Å²) < 4.78 is 0. The summed E-state index contributed by atoms with van der Waals surface area (Å²) in [7, 11) is 0. The molecule has 27 heavy (non-hydrogen) atoms. The molecule has 2 aromatic heterocycles. The van der Waals surface area contributed by atoms with Crippen LogP contribution in [-0.4, -0.2) is 29.0 Å². The number of carbonyl (C=O) groups is 1. The number of hydrogen-bond donors (Lipinski definition) is 2. The smallest absolute Gasteiger partial charge is 0.263 e. The van der Waals surface area contributed by atoms with E-state index in [9.17, 15) is 4.79 Å². The number of halogens is 1. The van der Waals surface area contributed by atoms with Gasteiger partial charge < -0.3 is 10.6 Å². The Morgan fingerprint density at radius 2 is 2.15 bits per heavy atom. The summed E-state index contributed by atoms with van der Waals surface area (Å²) in [5.74, 6) is 0.327. The van der Waals surface area contributed by atoms with Crippen LogP contribution in [-0.2, 0) is 0 Å². The molecular weight excluding hydrogens is 382 g/mol. The van der Waals surface area contributed by atoms with E-state index in [0.717, 1.165) is 10.6 Å². The number of thiazole rings is 1. The number of anilines is 1. The molecular formula is C19H16ClN5OS. The van der Waals surface area contributed by atoms with E-state index < -0.39 is 0 Å².